The lowest BCUT2D eigenvalue weighted by molar-refractivity contribution is -0.184. The number of nitrogens with zero attached hydrogens (tertiary/aromatic N) is 2. The van der Waals surface area contributed by atoms with Crippen LogP contribution in [-0.2, 0) is 9.53 Å². The number of carbonyl (C=O) groups is 1. The quantitative estimate of drug-likeness (QED) is 0.609. The van der Waals surface area contributed by atoms with Gasteiger partial charge in [-0.2, -0.15) is 13.2 Å². The molecule has 1 aromatic heterocycles. The van der Waals surface area contributed by atoms with E-state index in [4.69, 9.17) is 10.5 Å². The monoisotopic (exact) mass is 504 g/mol. The van der Waals surface area contributed by atoms with Crippen LogP contribution in [0.25, 0.3) is 11.0 Å². The first-order chi connectivity index (χ1) is 16.4. The molecule has 0 spiro atoms. The molecule has 2 saturated heterocycles. The molecule has 3 N–H and O–H groups in total. The van der Waals surface area contributed by atoms with Gasteiger partial charge >= 0.3 is 6.18 Å². The average Bonchev–Trinajstić information content (AvgIpc) is 3.44. The molecule has 12 heteroatoms. The SMILES string of the molecule is NC(c1nc2c(F)c(C3COCC3C(=O)N3CC(F)(F)C3)ccc2[nH]1)C1CCC(C(F)(F)F)CC1. The van der Waals surface area contributed by atoms with E-state index in [9.17, 15) is 26.7 Å². The number of carbonyl (C=O) groups excluding carboxylic acids is 1. The Morgan fingerprint density at radius 1 is 1.17 bits per heavy atom. The Morgan fingerprint density at radius 2 is 1.86 bits per heavy atom. The van der Waals surface area contributed by atoms with Crippen molar-refractivity contribution in [1.82, 2.24) is 14.9 Å². The molecule has 1 aromatic carbocycles. The van der Waals surface area contributed by atoms with Gasteiger partial charge in [0.2, 0.25) is 5.91 Å². The molecule has 0 radical (unpaired) electrons. The van der Waals surface area contributed by atoms with E-state index in [1.54, 1.807) is 6.07 Å². The normalized spacial score (nSPS) is 29.9. The van der Waals surface area contributed by atoms with E-state index in [-0.39, 0.29) is 43.1 Å². The van der Waals surface area contributed by atoms with Crippen LogP contribution in [0.15, 0.2) is 12.1 Å². The van der Waals surface area contributed by atoms with Gasteiger partial charge in [-0.05, 0) is 43.2 Å². The second-order valence-corrected chi connectivity index (χ2v) is 9.97. The average molecular weight is 504 g/mol. The smallest absolute Gasteiger partial charge is 0.380 e. The Kier molecular flexibility index (Phi) is 6.02. The fraction of sp³-hybridized carbons (Fsp3) is 0.652. The van der Waals surface area contributed by atoms with E-state index in [1.165, 1.54) is 6.07 Å². The first-order valence-corrected chi connectivity index (χ1v) is 11.7. The summed E-state index contributed by atoms with van der Waals surface area (Å²) in [5.74, 6) is -6.70. The molecule has 6 nitrogen and oxygen atoms in total. The van der Waals surface area contributed by atoms with Crippen molar-refractivity contribution in [1.29, 1.82) is 0 Å². The summed E-state index contributed by atoms with van der Waals surface area (Å²) in [5.41, 5.74) is 6.91. The number of alkyl halides is 5. The van der Waals surface area contributed by atoms with Crippen LogP contribution < -0.4 is 5.73 Å². The van der Waals surface area contributed by atoms with Crippen LogP contribution in [-0.4, -0.2) is 59.2 Å². The summed E-state index contributed by atoms with van der Waals surface area (Å²) < 4.78 is 86.3. The van der Waals surface area contributed by atoms with Gasteiger partial charge in [0.15, 0.2) is 5.82 Å². The van der Waals surface area contributed by atoms with Crippen molar-refractivity contribution < 1.29 is 35.9 Å². The maximum atomic E-state index is 15.5. The van der Waals surface area contributed by atoms with E-state index in [0.717, 1.165) is 4.90 Å². The molecule has 3 atom stereocenters. The largest absolute Gasteiger partial charge is 0.391 e. The van der Waals surface area contributed by atoms with Gasteiger partial charge < -0.3 is 20.4 Å². The van der Waals surface area contributed by atoms with Crippen molar-refractivity contribution >= 4 is 16.9 Å². The van der Waals surface area contributed by atoms with Gasteiger partial charge in [-0.25, -0.2) is 18.2 Å². The molecule has 1 aliphatic carbocycles. The lowest BCUT2D eigenvalue weighted by Crippen LogP contribution is -2.60. The summed E-state index contributed by atoms with van der Waals surface area (Å²) in [5, 5.41) is 0. The zero-order valence-corrected chi connectivity index (χ0v) is 18.8. The number of hydrogen-bond donors (Lipinski definition) is 2. The van der Waals surface area contributed by atoms with Crippen molar-refractivity contribution in [2.45, 2.75) is 49.7 Å². The summed E-state index contributed by atoms with van der Waals surface area (Å²) >= 11 is 0. The number of likely N-dealkylation sites (tertiary alicyclic amines) is 1. The molecule has 5 rings (SSSR count). The first kappa shape index (κ1) is 24.4. The molecule has 35 heavy (non-hydrogen) atoms. The van der Waals surface area contributed by atoms with Gasteiger partial charge in [0.05, 0.1) is 49.7 Å². The second-order valence-electron chi connectivity index (χ2n) is 9.97. The van der Waals surface area contributed by atoms with Crippen molar-refractivity contribution in [3.63, 3.8) is 0 Å². The van der Waals surface area contributed by atoms with Gasteiger partial charge in [0, 0.05) is 5.92 Å². The molecule has 3 fully saturated rings. The van der Waals surface area contributed by atoms with Gasteiger partial charge in [-0.1, -0.05) is 6.07 Å². The Morgan fingerprint density at radius 3 is 2.49 bits per heavy atom. The minimum Gasteiger partial charge on any atom is -0.380 e. The van der Waals surface area contributed by atoms with Crippen molar-refractivity contribution in [3.05, 3.63) is 29.3 Å². The molecule has 1 saturated carbocycles. The summed E-state index contributed by atoms with van der Waals surface area (Å²) in [7, 11) is 0. The number of nitrogens with two attached hydrogens (primary N) is 1. The van der Waals surface area contributed by atoms with Gasteiger partial charge in [-0.15, -0.1) is 0 Å². The summed E-state index contributed by atoms with van der Waals surface area (Å²) in [6, 6.07) is 2.45. The third kappa shape index (κ3) is 4.50. The summed E-state index contributed by atoms with van der Waals surface area (Å²) in [6.45, 7) is -1.22. The number of aromatic nitrogens is 2. The Balaban J connectivity index is 1.33. The molecule has 3 unspecified atom stereocenters. The Labute approximate surface area is 197 Å². The minimum atomic E-state index is -4.21. The standard InChI is InChI=1S/C23H26F6N4O2/c24-17-13(14-7-35-8-15(14)21(34)33-9-22(25,26)10-33)5-6-16-19(17)32-20(31-16)18(30)11-1-3-12(4-2-11)23(27,28)29/h5-6,11-12,14-15,18H,1-4,7-10,30H2,(H,31,32). The van der Waals surface area contributed by atoms with E-state index in [0.29, 0.717) is 24.2 Å². The molecule has 2 aromatic rings. The lowest BCUT2D eigenvalue weighted by Gasteiger charge is -2.40. The predicted octanol–water partition coefficient (Wildman–Crippen LogP) is 4.28. The Bertz CT molecular complexity index is 1100. The maximum absolute atomic E-state index is 15.5. The van der Waals surface area contributed by atoms with E-state index in [2.05, 4.69) is 9.97 Å². The van der Waals surface area contributed by atoms with Gasteiger partial charge in [0.25, 0.3) is 5.92 Å². The summed E-state index contributed by atoms with van der Waals surface area (Å²) in [4.78, 5) is 21.1. The van der Waals surface area contributed by atoms with Gasteiger partial charge in [-0.3, -0.25) is 4.79 Å². The zero-order valence-electron chi connectivity index (χ0n) is 18.8. The van der Waals surface area contributed by atoms with Crippen LogP contribution in [0.4, 0.5) is 26.3 Å². The van der Waals surface area contributed by atoms with Crippen molar-refractivity contribution in [2.24, 2.45) is 23.5 Å². The highest BCUT2D eigenvalue weighted by Gasteiger charge is 2.50. The van der Waals surface area contributed by atoms with E-state index in [1.807, 2.05) is 0 Å². The molecular weight excluding hydrogens is 478 g/mol. The van der Waals surface area contributed by atoms with Crippen LogP contribution in [0.5, 0.6) is 0 Å². The number of ether oxygens (including phenoxy) is 1. The van der Waals surface area contributed by atoms with E-state index >= 15 is 4.39 Å². The predicted molar refractivity (Wildman–Crippen MR) is 113 cm³/mol. The number of imidazole rings is 1. The maximum Gasteiger partial charge on any atom is 0.391 e. The van der Waals surface area contributed by atoms with Gasteiger partial charge in [0.1, 0.15) is 11.3 Å². The molecule has 3 aliphatic rings. The molecule has 2 aliphatic heterocycles. The number of nitrogens with one attached hydrogen (secondary N) is 1. The zero-order chi connectivity index (χ0) is 25.1. The topological polar surface area (TPSA) is 84.2 Å². The van der Waals surface area contributed by atoms with Crippen LogP contribution >= 0.6 is 0 Å². The minimum absolute atomic E-state index is 0.000646. The highest BCUT2D eigenvalue weighted by molar-refractivity contribution is 5.82. The fourth-order valence-electron chi connectivity index (χ4n) is 5.56. The number of fused-ring (bicyclic) bond motifs is 1. The van der Waals surface area contributed by atoms with Crippen LogP contribution in [0, 0.1) is 23.6 Å². The van der Waals surface area contributed by atoms with Crippen LogP contribution in [0.2, 0.25) is 0 Å². The first-order valence-electron chi connectivity index (χ1n) is 11.7. The summed E-state index contributed by atoms with van der Waals surface area (Å²) in [6.07, 6.45) is -3.61. The number of rotatable bonds is 4. The van der Waals surface area contributed by atoms with Crippen LogP contribution in [0.1, 0.15) is 49.0 Å². The third-order valence-corrected chi connectivity index (χ3v) is 7.65. The molecule has 3 heterocycles. The molecule has 1 amide bonds. The number of halogens is 6. The molecular formula is C23H26F6N4O2. The van der Waals surface area contributed by atoms with E-state index < -0.39 is 60.7 Å². The van der Waals surface area contributed by atoms with Crippen LogP contribution in [0.3, 0.4) is 0 Å². The highest BCUT2D eigenvalue weighted by Crippen LogP contribution is 2.43. The number of H-pyrrole nitrogens is 1. The molecule has 192 valence electrons. The third-order valence-electron chi connectivity index (χ3n) is 7.65. The molecule has 0 bridgehead atoms. The number of hydrogen-bond acceptors (Lipinski definition) is 4. The fourth-order valence-corrected chi connectivity index (χ4v) is 5.56. The van der Waals surface area contributed by atoms with Crippen molar-refractivity contribution in [3.8, 4) is 0 Å². The Hall–Kier alpha value is -2.34. The number of benzene rings is 1. The highest BCUT2D eigenvalue weighted by atomic mass is 19.4. The number of amides is 1. The van der Waals surface area contributed by atoms with Crippen molar-refractivity contribution in [2.75, 3.05) is 26.3 Å². The number of aromatic amines is 1. The lowest BCUT2D eigenvalue weighted by atomic mass is 9.78. The second kappa shape index (κ2) is 8.65.